The summed E-state index contributed by atoms with van der Waals surface area (Å²) in [5.74, 6) is 0. The van der Waals surface area contributed by atoms with Crippen molar-refractivity contribution in [1.29, 1.82) is 0 Å². The number of rotatable bonds is 5. The molecule has 1 unspecified atom stereocenters. The number of hydrogen-bond acceptors (Lipinski definition) is 3. The van der Waals surface area contributed by atoms with Crippen molar-refractivity contribution in [2.45, 2.75) is 29.3 Å². The minimum Gasteiger partial charge on any atom is -0.388 e. The lowest BCUT2D eigenvalue weighted by Gasteiger charge is -2.11. The molecule has 6 heteroatoms. The number of alkyl halides is 3. The average Bonchev–Trinajstić information content (AvgIpc) is 2.88. The summed E-state index contributed by atoms with van der Waals surface area (Å²) in [6, 6.07) is 9.83. The van der Waals surface area contributed by atoms with E-state index in [2.05, 4.69) is 0 Å². The Balaban J connectivity index is 1.91. The maximum absolute atomic E-state index is 12.2. The quantitative estimate of drug-likeness (QED) is 0.781. The highest BCUT2D eigenvalue weighted by molar-refractivity contribution is 8.00. The number of thioether (sulfide) groups is 1. The van der Waals surface area contributed by atoms with E-state index in [-0.39, 0.29) is 16.7 Å². The van der Waals surface area contributed by atoms with Crippen LogP contribution in [0.4, 0.5) is 13.2 Å². The largest absolute Gasteiger partial charge is 0.446 e. The molecule has 20 heavy (non-hydrogen) atoms. The molecule has 0 radical (unpaired) electrons. The van der Waals surface area contributed by atoms with E-state index in [4.69, 9.17) is 0 Å². The van der Waals surface area contributed by atoms with Gasteiger partial charge in [-0.1, -0.05) is 18.2 Å². The van der Waals surface area contributed by atoms with E-state index in [1.165, 1.54) is 17.0 Å². The van der Waals surface area contributed by atoms with Crippen LogP contribution in [0.25, 0.3) is 0 Å². The first-order valence-corrected chi connectivity index (χ1v) is 7.70. The highest BCUT2D eigenvalue weighted by Crippen LogP contribution is 2.37. The maximum atomic E-state index is 12.2. The van der Waals surface area contributed by atoms with Crippen molar-refractivity contribution in [3.8, 4) is 0 Å². The van der Waals surface area contributed by atoms with E-state index >= 15 is 0 Å². The molecule has 0 aliphatic carbocycles. The molecule has 1 aromatic carbocycles. The molecule has 0 aliphatic rings. The van der Waals surface area contributed by atoms with E-state index in [9.17, 15) is 18.3 Å². The second-order valence-corrected chi connectivity index (χ2v) is 6.42. The molecule has 0 amide bonds. The van der Waals surface area contributed by atoms with Crippen LogP contribution in [-0.4, -0.2) is 10.6 Å². The molecule has 0 aliphatic heterocycles. The summed E-state index contributed by atoms with van der Waals surface area (Å²) in [5, 5.41) is 12.0. The first-order chi connectivity index (χ1) is 9.44. The van der Waals surface area contributed by atoms with Crippen LogP contribution < -0.4 is 0 Å². The Kier molecular flexibility index (Phi) is 5.12. The maximum Gasteiger partial charge on any atom is 0.446 e. The van der Waals surface area contributed by atoms with Crippen molar-refractivity contribution in [2.75, 3.05) is 0 Å². The van der Waals surface area contributed by atoms with Gasteiger partial charge in [0.2, 0.25) is 0 Å². The third-order valence-corrected chi connectivity index (χ3v) is 4.42. The van der Waals surface area contributed by atoms with Crippen LogP contribution in [0.2, 0.25) is 0 Å². The Morgan fingerprint density at radius 1 is 1.15 bits per heavy atom. The fraction of sp³-hybridized carbons (Fsp3) is 0.286. The molecule has 1 heterocycles. The van der Waals surface area contributed by atoms with Crippen molar-refractivity contribution in [1.82, 2.24) is 0 Å². The van der Waals surface area contributed by atoms with Gasteiger partial charge < -0.3 is 5.11 Å². The molecule has 0 saturated heterocycles. The van der Waals surface area contributed by atoms with E-state index in [1.807, 2.05) is 17.5 Å². The highest BCUT2D eigenvalue weighted by Gasteiger charge is 2.29. The average molecular weight is 318 g/mol. The first kappa shape index (κ1) is 15.4. The normalized spacial score (nSPS) is 13.4. The van der Waals surface area contributed by atoms with Gasteiger partial charge in [-0.15, -0.1) is 11.3 Å². The number of thiophene rings is 1. The van der Waals surface area contributed by atoms with Gasteiger partial charge in [0.15, 0.2) is 0 Å². The van der Waals surface area contributed by atoms with Crippen molar-refractivity contribution in [2.24, 2.45) is 0 Å². The summed E-state index contributed by atoms with van der Waals surface area (Å²) in [6.07, 6.45) is 0.673. The van der Waals surface area contributed by atoms with E-state index in [0.717, 1.165) is 6.42 Å². The van der Waals surface area contributed by atoms with Gasteiger partial charge in [-0.05, 0) is 53.7 Å². The predicted octanol–water partition coefficient (Wildman–Crippen LogP) is 5.03. The SMILES string of the molecule is OC(CCc1cccs1)c1ccc(SC(F)(F)F)cc1. The molecule has 1 nitrogen and oxygen atoms in total. The third kappa shape index (κ3) is 4.85. The van der Waals surface area contributed by atoms with Gasteiger partial charge in [-0.3, -0.25) is 0 Å². The number of aliphatic hydroxyl groups excluding tert-OH is 1. The van der Waals surface area contributed by atoms with Gasteiger partial charge in [-0.2, -0.15) is 13.2 Å². The van der Waals surface area contributed by atoms with Crippen LogP contribution >= 0.6 is 23.1 Å². The number of aliphatic hydroxyl groups is 1. The summed E-state index contributed by atoms with van der Waals surface area (Å²) in [7, 11) is 0. The minimum absolute atomic E-state index is 0.131. The van der Waals surface area contributed by atoms with E-state index in [0.29, 0.717) is 12.0 Å². The van der Waals surface area contributed by atoms with E-state index < -0.39 is 11.6 Å². The zero-order valence-corrected chi connectivity index (χ0v) is 12.1. The summed E-state index contributed by atoms with van der Waals surface area (Å²) in [4.78, 5) is 1.32. The Morgan fingerprint density at radius 2 is 1.85 bits per heavy atom. The lowest BCUT2D eigenvalue weighted by molar-refractivity contribution is -0.0328. The number of halogens is 3. The second kappa shape index (κ2) is 6.65. The minimum atomic E-state index is -4.28. The van der Waals surface area contributed by atoms with Crippen molar-refractivity contribution in [3.05, 3.63) is 52.2 Å². The Bertz CT molecular complexity index is 520. The molecule has 2 rings (SSSR count). The summed E-state index contributed by atoms with van der Waals surface area (Å²) in [6.45, 7) is 0. The molecule has 1 atom stereocenters. The first-order valence-electron chi connectivity index (χ1n) is 6.00. The number of hydrogen-bond donors (Lipinski definition) is 1. The molecule has 0 saturated carbocycles. The lowest BCUT2D eigenvalue weighted by Crippen LogP contribution is -2.01. The van der Waals surface area contributed by atoms with Crippen molar-refractivity contribution >= 4 is 23.1 Å². The topological polar surface area (TPSA) is 20.2 Å². The lowest BCUT2D eigenvalue weighted by atomic mass is 10.0. The van der Waals surface area contributed by atoms with Gasteiger partial charge in [0.1, 0.15) is 0 Å². The predicted molar refractivity (Wildman–Crippen MR) is 76.0 cm³/mol. The van der Waals surface area contributed by atoms with Gasteiger partial charge in [0.05, 0.1) is 6.10 Å². The number of benzene rings is 1. The van der Waals surface area contributed by atoms with Gasteiger partial charge in [0.25, 0.3) is 0 Å². The van der Waals surface area contributed by atoms with Gasteiger partial charge in [0, 0.05) is 9.77 Å². The highest BCUT2D eigenvalue weighted by atomic mass is 32.2. The molecule has 0 fully saturated rings. The van der Waals surface area contributed by atoms with Crippen LogP contribution in [0.5, 0.6) is 0 Å². The fourth-order valence-corrected chi connectivity index (χ4v) is 3.06. The summed E-state index contributed by atoms with van der Waals surface area (Å²) >= 11 is 1.48. The van der Waals surface area contributed by atoms with Gasteiger partial charge in [-0.25, -0.2) is 0 Å². The van der Waals surface area contributed by atoms with Crippen molar-refractivity contribution in [3.63, 3.8) is 0 Å². The third-order valence-electron chi connectivity index (χ3n) is 2.74. The van der Waals surface area contributed by atoms with Crippen LogP contribution in [0.3, 0.4) is 0 Å². The Labute approximate surface area is 123 Å². The molecular weight excluding hydrogens is 305 g/mol. The summed E-state index contributed by atoms with van der Waals surface area (Å²) < 4.78 is 36.6. The molecule has 1 N–H and O–H groups in total. The molecule has 0 bridgehead atoms. The smallest absolute Gasteiger partial charge is 0.388 e. The van der Waals surface area contributed by atoms with Crippen LogP contribution in [-0.2, 0) is 6.42 Å². The van der Waals surface area contributed by atoms with E-state index in [1.54, 1.807) is 23.5 Å². The Morgan fingerprint density at radius 3 is 2.40 bits per heavy atom. The second-order valence-electron chi connectivity index (χ2n) is 4.25. The van der Waals surface area contributed by atoms with Crippen LogP contribution in [0, 0.1) is 0 Å². The summed E-state index contributed by atoms with van der Waals surface area (Å²) in [5.41, 5.74) is -3.63. The molecular formula is C14H13F3OS2. The zero-order valence-electron chi connectivity index (χ0n) is 10.4. The monoisotopic (exact) mass is 318 g/mol. The zero-order chi connectivity index (χ0) is 14.6. The number of aryl methyl sites for hydroxylation is 1. The molecule has 0 spiro atoms. The Hall–Kier alpha value is -0.980. The molecule has 2 aromatic rings. The molecule has 1 aromatic heterocycles. The molecule has 108 valence electrons. The van der Waals surface area contributed by atoms with Crippen LogP contribution in [0.1, 0.15) is 23.0 Å². The van der Waals surface area contributed by atoms with Crippen LogP contribution in [0.15, 0.2) is 46.7 Å². The fourth-order valence-electron chi connectivity index (χ4n) is 1.79. The van der Waals surface area contributed by atoms with Crippen molar-refractivity contribution < 1.29 is 18.3 Å². The van der Waals surface area contributed by atoms with Gasteiger partial charge >= 0.3 is 5.51 Å². The standard InChI is InChI=1S/C14H13F3OS2/c15-14(16,17)20-12-5-3-10(4-6-12)13(18)8-7-11-2-1-9-19-11/h1-6,9,13,18H,7-8H2.